The lowest BCUT2D eigenvalue weighted by Gasteiger charge is -2.08. The Morgan fingerprint density at radius 3 is 2.73 bits per heavy atom. The SMILES string of the molecule is CC(C)Cn1ccc2cc(CO)ccc21. The molecule has 0 aliphatic rings. The minimum atomic E-state index is 0.116. The predicted octanol–water partition coefficient (Wildman–Crippen LogP) is 2.79. The molecule has 0 bridgehead atoms. The van der Waals surface area contributed by atoms with E-state index in [1.54, 1.807) is 0 Å². The molecule has 0 radical (unpaired) electrons. The minimum Gasteiger partial charge on any atom is -0.392 e. The van der Waals surface area contributed by atoms with E-state index in [2.05, 4.69) is 36.7 Å². The first kappa shape index (κ1) is 10.2. The highest BCUT2D eigenvalue weighted by atomic mass is 16.3. The summed E-state index contributed by atoms with van der Waals surface area (Å²) >= 11 is 0. The summed E-state index contributed by atoms with van der Waals surface area (Å²) in [4.78, 5) is 0. The van der Waals surface area contributed by atoms with E-state index in [-0.39, 0.29) is 6.61 Å². The summed E-state index contributed by atoms with van der Waals surface area (Å²) in [6, 6.07) is 8.23. The molecule has 0 aliphatic heterocycles. The van der Waals surface area contributed by atoms with Crippen molar-refractivity contribution in [2.75, 3.05) is 0 Å². The number of aromatic nitrogens is 1. The summed E-state index contributed by atoms with van der Waals surface area (Å²) < 4.78 is 2.27. The number of rotatable bonds is 3. The molecular weight excluding hydrogens is 186 g/mol. The lowest BCUT2D eigenvalue weighted by molar-refractivity contribution is 0.282. The van der Waals surface area contributed by atoms with E-state index in [0.29, 0.717) is 5.92 Å². The molecule has 0 fully saturated rings. The van der Waals surface area contributed by atoms with Crippen LogP contribution in [0.4, 0.5) is 0 Å². The summed E-state index contributed by atoms with van der Waals surface area (Å²) in [5.41, 5.74) is 2.23. The Morgan fingerprint density at radius 2 is 2.07 bits per heavy atom. The monoisotopic (exact) mass is 203 g/mol. The molecule has 0 amide bonds. The zero-order valence-electron chi connectivity index (χ0n) is 9.27. The van der Waals surface area contributed by atoms with Gasteiger partial charge in [-0.1, -0.05) is 19.9 Å². The molecule has 0 aliphatic carbocycles. The van der Waals surface area contributed by atoms with E-state index in [9.17, 15) is 0 Å². The second kappa shape index (κ2) is 4.07. The number of nitrogens with zero attached hydrogens (tertiary/aromatic N) is 1. The van der Waals surface area contributed by atoms with Crippen molar-refractivity contribution in [3.8, 4) is 0 Å². The van der Waals surface area contributed by atoms with Crippen LogP contribution in [0.1, 0.15) is 19.4 Å². The van der Waals surface area contributed by atoms with Crippen molar-refractivity contribution in [1.82, 2.24) is 4.57 Å². The largest absolute Gasteiger partial charge is 0.392 e. The van der Waals surface area contributed by atoms with Gasteiger partial charge in [0.15, 0.2) is 0 Å². The van der Waals surface area contributed by atoms with Crippen molar-refractivity contribution < 1.29 is 5.11 Å². The predicted molar refractivity (Wildman–Crippen MR) is 62.7 cm³/mol. The van der Waals surface area contributed by atoms with E-state index in [1.807, 2.05) is 12.1 Å². The van der Waals surface area contributed by atoms with Gasteiger partial charge in [0.2, 0.25) is 0 Å². The number of aliphatic hydroxyl groups excluding tert-OH is 1. The molecule has 1 aromatic carbocycles. The summed E-state index contributed by atoms with van der Waals surface area (Å²) in [7, 11) is 0. The fourth-order valence-electron chi connectivity index (χ4n) is 1.90. The first-order valence-electron chi connectivity index (χ1n) is 5.39. The highest BCUT2D eigenvalue weighted by Gasteiger charge is 2.03. The van der Waals surface area contributed by atoms with Gasteiger partial charge in [-0.2, -0.15) is 0 Å². The minimum absolute atomic E-state index is 0.116. The van der Waals surface area contributed by atoms with E-state index < -0.39 is 0 Å². The maximum absolute atomic E-state index is 9.04. The molecule has 2 nitrogen and oxygen atoms in total. The number of benzene rings is 1. The van der Waals surface area contributed by atoms with Crippen LogP contribution in [0.5, 0.6) is 0 Å². The lowest BCUT2D eigenvalue weighted by atomic mass is 10.1. The fraction of sp³-hybridized carbons (Fsp3) is 0.385. The van der Waals surface area contributed by atoms with Crippen molar-refractivity contribution in [3.63, 3.8) is 0 Å². The zero-order valence-corrected chi connectivity index (χ0v) is 9.27. The first-order valence-corrected chi connectivity index (χ1v) is 5.39. The summed E-state index contributed by atoms with van der Waals surface area (Å²) in [5, 5.41) is 10.3. The highest BCUT2D eigenvalue weighted by molar-refractivity contribution is 5.80. The van der Waals surface area contributed by atoms with Crippen LogP contribution in [0.15, 0.2) is 30.5 Å². The third kappa shape index (κ3) is 2.05. The highest BCUT2D eigenvalue weighted by Crippen LogP contribution is 2.18. The smallest absolute Gasteiger partial charge is 0.0682 e. The van der Waals surface area contributed by atoms with Crippen LogP contribution in [-0.4, -0.2) is 9.67 Å². The summed E-state index contributed by atoms with van der Waals surface area (Å²) in [6.45, 7) is 5.59. The Morgan fingerprint density at radius 1 is 1.27 bits per heavy atom. The maximum atomic E-state index is 9.04. The topological polar surface area (TPSA) is 25.2 Å². The van der Waals surface area contributed by atoms with Crippen LogP contribution >= 0.6 is 0 Å². The number of fused-ring (bicyclic) bond motifs is 1. The Hall–Kier alpha value is -1.28. The second-order valence-electron chi connectivity index (χ2n) is 4.41. The number of hydrogen-bond acceptors (Lipinski definition) is 1. The Balaban J connectivity index is 2.43. The molecule has 0 unspecified atom stereocenters. The molecule has 0 saturated carbocycles. The Bertz CT molecular complexity index is 457. The van der Waals surface area contributed by atoms with E-state index >= 15 is 0 Å². The fourth-order valence-corrected chi connectivity index (χ4v) is 1.90. The summed E-state index contributed by atoms with van der Waals surface area (Å²) in [5.74, 6) is 0.651. The van der Waals surface area contributed by atoms with Crippen molar-refractivity contribution in [1.29, 1.82) is 0 Å². The summed E-state index contributed by atoms with van der Waals surface area (Å²) in [6.07, 6.45) is 2.12. The van der Waals surface area contributed by atoms with Gasteiger partial charge in [0.05, 0.1) is 6.61 Å². The first-order chi connectivity index (χ1) is 7.20. The van der Waals surface area contributed by atoms with Gasteiger partial charge in [-0.05, 0) is 35.1 Å². The van der Waals surface area contributed by atoms with Crippen molar-refractivity contribution in [2.45, 2.75) is 27.0 Å². The third-order valence-corrected chi connectivity index (χ3v) is 2.58. The van der Waals surface area contributed by atoms with Gasteiger partial charge >= 0.3 is 0 Å². The molecule has 80 valence electrons. The van der Waals surface area contributed by atoms with Crippen LogP contribution in [0.2, 0.25) is 0 Å². The van der Waals surface area contributed by atoms with Gasteiger partial charge in [-0.15, -0.1) is 0 Å². The molecule has 2 aromatic rings. The molecule has 0 saturated heterocycles. The Labute approximate surface area is 90.2 Å². The Kier molecular flexibility index (Phi) is 2.78. The van der Waals surface area contributed by atoms with Crippen molar-refractivity contribution >= 4 is 10.9 Å². The maximum Gasteiger partial charge on any atom is 0.0682 e. The van der Waals surface area contributed by atoms with Gasteiger partial charge < -0.3 is 9.67 Å². The van der Waals surface area contributed by atoms with Gasteiger partial charge in [-0.25, -0.2) is 0 Å². The van der Waals surface area contributed by atoms with Gasteiger partial charge in [0.25, 0.3) is 0 Å². The molecule has 1 N–H and O–H groups in total. The van der Waals surface area contributed by atoms with Crippen molar-refractivity contribution in [2.24, 2.45) is 5.92 Å². The average molecular weight is 203 g/mol. The van der Waals surface area contributed by atoms with Gasteiger partial charge in [0.1, 0.15) is 0 Å². The van der Waals surface area contributed by atoms with Gasteiger partial charge in [0, 0.05) is 18.3 Å². The van der Waals surface area contributed by atoms with Crippen LogP contribution in [0.3, 0.4) is 0 Å². The van der Waals surface area contributed by atoms with Crippen LogP contribution in [0.25, 0.3) is 10.9 Å². The standard InChI is InChI=1S/C13H17NO/c1-10(2)8-14-6-5-12-7-11(9-15)3-4-13(12)14/h3-7,10,15H,8-9H2,1-2H3. The van der Waals surface area contributed by atoms with E-state index in [0.717, 1.165) is 12.1 Å². The van der Waals surface area contributed by atoms with E-state index in [1.165, 1.54) is 10.9 Å². The zero-order chi connectivity index (χ0) is 10.8. The van der Waals surface area contributed by atoms with Crippen LogP contribution in [-0.2, 0) is 13.2 Å². The molecule has 2 heteroatoms. The van der Waals surface area contributed by atoms with E-state index in [4.69, 9.17) is 5.11 Å². The normalized spacial score (nSPS) is 11.5. The molecule has 0 atom stereocenters. The average Bonchev–Trinajstić information content (AvgIpc) is 2.60. The second-order valence-corrected chi connectivity index (χ2v) is 4.41. The van der Waals surface area contributed by atoms with Gasteiger partial charge in [-0.3, -0.25) is 0 Å². The van der Waals surface area contributed by atoms with Crippen LogP contribution < -0.4 is 0 Å². The third-order valence-electron chi connectivity index (χ3n) is 2.58. The molecule has 2 rings (SSSR count). The van der Waals surface area contributed by atoms with Crippen LogP contribution in [0, 0.1) is 5.92 Å². The number of hydrogen-bond donors (Lipinski definition) is 1. The number of aliphatic hydroxyl groups is 1. The molecule has 15 heavy (non-hydrogen) atoms. The molecular formula is C13H17NO. The molecule has 1 aromatic heterocycles. The van der Waals surface area contributed by atoms with Crippen molar-refractivity contribution in [3.05, 3.63) is 36.0 Å². The quantitative estimate of drug-likeness (QED) is 0.815. The molecule has 0 spiro atoms. The molecule has 1 heterocycles. The lowest BCUT2D eigenvalue weighted by Crippen LogP contribution is -2.02.